The average Bonchev–Trinajstić information content (AvgIpc) is 3.18. The predicted octanol–water partition coefficient (Wildman–Crippen LogP) is 1.36. The Balaban J connectivity index is 1.72. The minimum absolute atomic E-state index is 0.0133. The monoisotopic (exact) mass is 334 g/mol. The molecule has 0 aromatic heterocycles. The maximum absolute atomic E-state index is 12.3. The number of rotatable bonds is 6. The van der Waals surface area contributed by atoms with E-state index in [-0.39, 0.29) is 18.1 Å². The van der Waals surface area contributed by atoms with Crippen LogP contribution < -0.4 is 10.1 Å². The molecule has 1 N–H and O–H groups in total. The lowest BCUT2D eigenvalue weighted by molar-refractivity contribution is -0.130. The summed E-state index contributed by atoms with van der Waals surface area (Å²) in [6, 6.07) is 8.06. The van der Waals surface area contributed by atoms with Gasteiger partial charge in [0.05, 0.1) is 26.4 Å². The lowest BCUT2D eigenvalue weighted by Gasteiger charge is -2.35. The predicted molar refractivity (Wildman–Crippen MR) is 90.1 cm³/mol. The first kappa shape index (κ1) is 17.2. The van der Waals surface area contributed by atoms with Crippen LogP contribution in [0.3, 0.4) is 0 Å². The second kappa shape index (κ2) is 8.46. The van der Waals surface area contributed by atoms with Crippen LogP contribution >= 0.6 is 0 Å². The number of carbonyl (C=O) groups is 1. The number of amides is 1. The zero-order valence-electron chi connectivity index (χ0n) is 14.2. The molecule has 1 amide bonds. The van der Waals surface area contributed by atoms with Gasteiger partial charge >= 0.3 is 0 Å². The standard InChI is InChI=1S/C18H26N2O4/c1-22-16-6-3-2-5-14(16)15(20-8-11-23-12-9-20)13-19-18(21)17-7-4-10-24-17/h2-3,5-6,15,17H,4,7-13H2,1H3,(H,19,21). The summed E-state index contributed by atoms with van der Waals surface area (Å²) in [6.07, 6.45) is 1.47. The quantitative estimate of drug-likeness (QED) is 0.851. The summed E-state index contributed by atoms with van der Waals surface area (Å²) >= 11 is 0. The van der Waals surface area contributed by atoms with Crippen molar-refractivity contribution in [3.05, 3.63) is 29.8 Å². The molecule has 2 fully saturated rings. The summed E-state index contributed by atoms with van der Waals surface area (Å²) in [7, 11) is 1.68. The molecule has 132 valence electrons. The van der Waals surface area contributed by atoms with E-state index in [1.165, 1.54) is 0 Å². The van der Waals surface area contributed by atoms with E-state index in [1.807, 2.05) is 18.2 Å². The van der Waals surface area contributed by atoms with E-state index in [0.717, 1.165) is 37.2 Å². The maximum atomic E-state index is 12.3. The van der Waals surface area contributed by atoms with Gasteiger partial charge in [-0.1, -0.05) is 18.2 Å². The molecule has 0 radical (unpaired) electrons. The smallest absolute Gasteiger partial charge is 0.249 e. The third-order valence-electron chi connectivity index (χ3n) is 4.68. The van der Waals surface area contributed by atoms with E-state index in [4.69, 9.17) is 14.2 Å². The number of benzene rings is 1. The Bertz CT molecular complexity index is 540. The highest BCUT2D eigenvalue weighted by Gasteiger charge is 2.28. The summed E-state index contributed by atoms with van der Waals surface area (Å²) in [5.74, 6) is 0.834. The lowest BCUT2D eigenvalue weighted by atomic mass is 10.0. The van der Waals surface area contributed by atoms with E-state index in [2.05, 4.69) is 16.3 Å². The summed E-state index contributed by atoms with van der Waals surface area (Å²) in [5.41, 5.74) is 1.09. The average molecular weight is 334 g/mol. The Labute approximate surface area is 143 Å². The van der Waals surface area contributed by atoms with Crippen LogP contribution in [-0.2, 0) is 14.3 Å². The van der Waals surface area contributed by atoms with Gasteiger partial charge < -0.3 is 19.5 Å². The molecule has 0 bridgehead atoms. The number of methoxy groups -OCH3 is 1. The first-order valence-corrected chi connectivity index (χ1v) is 8.63. The molecule has 2 saturated heterocycles. The Morgan fingerprint density at radius 2 is 2.12 bits per heavy atom. The Morgan fingerprint density at radius 1 is 1.33 bits per heavy atom. The Hall–Kier alpha value is -1.63. The van der Waals surface area contributed by atoms with Crippen LogP contribution in [0.5, 0.6) is 5.75 Å². The van der Waals surface area contributed by atoms with Crippen molar-refractivity contribution in [2.24, 2.45) is 0 Å². The molecule has 2 aliphatic rings. The van der Waals surface area contributed by atoms with E-state index in [0.29, 0.717) is 26.4 Å². The number of para-hydroxylation sites is 1. The van der Waals surface area contributed by atoms with Crippen LogP contribution in [0.4, 0.5) is 0 Å². The van der Waals surface area contributed by atoms with Crippen molar-refractivity contribution in [2.75, 3.05) is 46.6 Å². The van der Waals surface area contributed by atoms with Gasteiger partial charge in [-0.25, -0.2) is 0 Å². The topological polar surface area (TPSA) is 60.0 Å². The van der Waals surface area contributed by atoms with E-state index < -0.39 is 0 Å². The molecule has 1 aromatic rings. The van der Waals surface area contributed by atoms with Crippen molar-refractivity contribution < 1.29 is 19.0 Å². The second-order valence-electron chi connectivity index (χ2n) is 6.15. The molecule has 2 heterocycles. The van der Waals surface area contributed by atoms with Crippen molar-refractivity contribution in [3.63, 3.8) is 0 Å². The van der Waals surface area contributed by atoms with Gasteiger partial charge in [0.15, 0.2) is 0 Å². The number of nitrogens with zero attached hydrogens (tertiary/aromatic N) is 1. The highest BCUT2D eigenvalue weighted by Crippen LogP contribution is 2.29. The molecular formula is C18H26N2O4. The Morgan fingerprint density at radius 3 is 2.83 bits per heavy atom. The number of morpholine rings is 1. The first-order valence-electron chi connectivity index (χ1n) is 8.63. The van der Waals surface area contributed by atoms with Crippen LogP contribution in [0.15, 0.2) is 24.3 Å². The van der Waals surface area contributed by atoms with Crippen molar-refractivity contribution >= 4 is 5.91 Å². The first-order chi connectivity index (χ1) is 11.8. The molecule has 2 unspecified atom stereocenters. The van der Waals surface area contributed by atoms with Crippen LogP contribution in [0.25, 0.3) is 0 Å². The fourth-order valence-electron chi connectivity index (χ4n) is 3.36. The molecule has 1 aromatic carbocycles. The highest BCUT2D eigenvalue weighted by molar-refractivity contribution is 5.81. The molecule has 0 saturated carbocycles. The van der Waals surface area contributed by atoms with Gasteiger partial charge in [-0.05, 0) is 18.9 Å². The third kappa shape index (κ3) is 4.06. The van der Waals surface area contributed by atoms with Crippen molar-refractivity contribution in [2.45, 2.75) is 25.0 Å². The number of nitrogens with one attached hydrogen (secondary N) is 1. The van der Waals surface area contributed by atoms with E-state index >= 15 is 0 Å². The summed E-state index contributed by atoms with van der Waals surface area (Å²) < 4.78 is 16.5. The Kier molecular flexibility index (Phi) is 6.07. The molecular weight excluding hydrogens is 308 g/mol. The van der Waals surface area contributed by atoms with Gasteiger partial charge in [-0.3, -0.25) is 9.69 Å². The number of hydrogen-bond donors (Lipinski definition) is 1. The number of ether oxygens (including phenoxy) is 3. The fraction of sp³-hybridized carbons (Fsp3) is 0.611. The normalized spacial score (nSPS) is 23.0. The van der Waals surface area contributed by atoms with Crippen molar-refractivity contribution in [1.29, 1.82) is 0 Å². The van der Waals surface area contributed by atoms with Gasteiger partial charge in [-0.15, -0.1) is 0 Å². The van der Waals surface area contributed by atoms with Gasteiger partial charge in [0.25, 0.3) is 0 Å². The van der Waals surface area contributed by atoms with Crippen molar-refractivity contribution in [3.8, 4) is 5.75 Å². The second-order valence-corrected chi connectivity index (χ2v) is 6.15. The van der Waals surface area contributed by atoms with E-state index in [9.17, 15) is 4.79 Å². The lowest BCUT2D eigenvalue weighted by Crippen LogP contribution is -2.45. The summed E-state index contributed by atoms with van der Waals surface area (Å²) in [4.78, 5) is 14.7. The SMILES string of the molecule is COc1ccccc1C(CNC(=O)C1CCCO1)N1CCOCC1. The van der Waals surface area contributed by atoms with Gasteiger partial charge in [0, 0.05) is 31.8 Å². The highest BCUT2D eigenvalue weighted by atomic mass is 16.5. The molecule has 2 atom stereocenters. The minimum Gasteiger partial charge on any atom is -0.496 e. The summed E-state index contributed by atoms with van der Waals surface area (Å²) in [6.45, 7) is 4.34. The zero-order chi connectivity index (χ0) is 16.8. The molecule has 0 aliphatic carbocycles. The molecule has 6 nitrogen and oxygen atoms in total. The van der Waals surface area contributed by atoms with Gasteiger partial charge in [0.1, 0.15) is 11.9 Å². The van der Waals surface area contributed by atoms with Gasteiger partial charge in [0.2, 0.25) is 5.91 Å². The molecule has 2 aliphatic heterocycles. The summed E-state index contributed by atoms with van der Waals surface area (Å²) in [5, 5.41) is 3.07. The molecule has 6 heteroatoms. The van der Waals surface area contributed by atoms with Crippen LogP contribution in [0, 0.1) is 0 Å². The van der Waals surface area contributed by atoms with E-state index in [1.54, 1.807) is 7.11 Å². The zero-order valence-corrected chi connectivity index (χ0v) is 14.2. The van der Waals surface area contributed by atoms with Crippen LogP contribution in [0.2, 0.25) is 0 Å². The molecule has 24 heavy (non-hydrogen) atoms. The molecule has 3 rings (SSSR count). The minimum atomic E-state index is -0.298. The van der Waals surface area contributed by atoms with Crippen LogP contribution in [-0.4, -0.2) is 63.5 Å². The van der Waals surface area contributed by atoms with Crippen molar-refractivity contribution in [1.82, 2.24) is 10.2 Å². The van der Waals surface area contributed by atoms with Gasteiger partial charge in [-0.2, -0.15) is 0 Å². The fourth-order valence-corrected chi connectivity index (χ4v) is 3.36. The number of carbonyl (C=O) groups excluding carboxylic acids is 1. The molecule has 0 spiro atoms. The van der Waals surface area contributed by atoms with Crippen LogP contribution in [0.1, 0.15) is 24.4 Å². The largest absolute Gasteiger partial charge is 0.496 e. The third-order valence-corrected chi connectivity index (χ3v) is 4.68. The maximum Gasteiger partial charge on any atom is 0.249 e. The number of hydrogen-bond acceptors (Lipinski definition) is 5.